The van der Waals surface area contributed by atoms with Gasteiger partial charge in [0.1, 0.15) is 11.5 Å². The maximum absolute atomic E-state index is 5.99. The lowest BCUT2D eigenvalue weighted by Crippen LogP contribution is -2.11. The number of benzene rings is 1. The van der Waals surface area contributed by atoms with Crippen molar-refractivity contribution in [2.24, 2.45) is 5.92 Å². The molecular formula is C17H25ClO2. The molecule has 1 aromatic carbocycles. The molecule has 0 aliphatic heterocycles. The largest absolute Gasteiger partial charge is 0.496 e. The third-order valence-corrected chi connectivity index (χ3v) is 3.70. The van der Waals surface area contributed by atoms with Crippen molar-refractivity contribution in [3.05, 3.63) is 30.3 Å². The fourth-order valence-electron chi connectivity index (χ4n) is 2.10. The summed E-state index contributed by atoms with van der Waals surface area (Å²) in [5.74, 6) is 2.15. The highest BCUT2D eigenvalue weighted by Gasteiger charge is 2.10. The van der Waals surface area contributed by atoms with Crippen LogP contribution in [0.4, 0.5) is 0 Å². The van der Waals surface area contributed by atoms with E-state index >= 15 is 0 Å². The number of ether oxygens (including phenoxy) is 2. The Labute approximate surface area is 127 Å². The van der Waals surface area contributed by atoms with E-state index in [2.05, 4.69) is 20.4 Å². The van der Waals surface area contributed by atoms with E-state index in [0.29, 0.717) is 11.0 Å². The van der Waals surface area contributed by atoms with Crippen molar-refractivity contribution in [1.29, 1.82) is 0 Å². The standard InChI is InChI=1S/C17H25ClO2/c1-5-7-8-14(6-2)12-20-15-9-10-17(19-4)16(11-15)13(3)18/h9-11,14H,3,5-8,12H2,1-2,4H3. The molecule has 0 aromatic heterocycles. The van der Waals surface area contributed by atoms with Crippen LogP contribution in [0, 0.1) is 5.92 Å². The Balaban J connectivity index is 2.68. The molecular weight excluding hydrogens is 272 g/mol. The molecule has 0 fully saturated rings. The zero-order chi connectivity index (χ0) is 15.0. The molecule has 0 radical (unpaired) electrons. The molecule has 0 aliphatic rings. The Bertz CT molecular complexity index is 429. The van der Waals surface area contributed by atoms with E-state index in [4.69, 9.17) is 21.1 Å². The van der Waals surface area contributed by atoms with E-state index in [1.165, 1.54) is 19.3 Å². The van der Waals surface area contributed by atoms with Gasteiger partial charge in [0, 0.05) is 10.6 Å². The van der Waals surface area contributed by atoms with Gasteiger partial charge in [-0.25, -0.2) is 0 Å². The molecule has 1 atom stereocenters. The van der Waals surface area contributed by atoms with Gasteiger partial charge in [0.2, 0.25) is 0 Å². The molecule has 0 bridgehead atoms. The third-order valence-electron chi connectivity index (χ3n) is 3.49. The van der Waals surface area contributed by atoms with Crippen molar-refractivity contribution >= 4 is 16.6 Å². The molecule has 0 N–H and O–H groups in total. The van der Waals surface area contributed by atoms with E-state index < -0.39 is 0 Å². The first-order valence-electron chi connectivity index (χ1n) is 7.27. The summed E-state index contributed by atoms with van der Waals surface area (Å²) in [7, 11) is 1.62. The van der Waals surface area contributed by atoms with Crippen molar-refractivity contribution in [1.82, 2.24) is 0 Å². The van der Waals surface area contributed by atoms with Gasteiger partial charge in [-0.05, 0) is 30.5 Å². The van der Waals surface area contributed by atoms with Crippen LogP contribution in [0.3, 0.4) is 0 Å². The lowest BCUT2D eigenvalue weighted by Gasteiger charge is -2.16. The smallest absolute Gasteiger partial charge is 0.127 e. The summed E-state index contributed by atoms with van der Waals surface area (Å²) in [4.78, 5) is 0. The maximum atomic E-state index is 5.99. The zero-order valence-corrected chi connectivity index (χ0v) is 13.5. The minimum absolute atomic E-state index is 0.463. The van der Waals surface area contributed by atoms with Gasteiger partial charge in [0.25, 0.3) is 0 Å². The molecule has 0 aliphatic carbocycles. The summed E-state index contributed by atoms with van der Waals surface area (Å²) >= 11 is 5.99. The van der Waals surface area contributed by atoms with Crippen LogP contribution in [0.2, 0.25) is 0 Å². The Hall–Kier alpha value is -1.15. The lowest BCUT2D eigenvalue weighted by atomic mass is 10.0. The predicted octanol–water partition coefficient (Wildman–Crippen LogP) is 5.50. The first kappa shape index (κ1) is 16.9. The predicted molar refractivity (Wildman–Crippen MR) is 86.7 cm³/mol. The number of hydrogen-bond donors (Lipinski definition) is 0. The van der Waals surface area contributed by atoms with Crippen molar-refractivity contribution in [2.45, 2.75) is 39.5 Å². The highest BCUT2D eigenvalue weighted by molar-refractivity contribution is 6.48. The normalized spacial score (nSPS) is 12.0. The molecule has 20 heavy (non-hydrogen) atoms. The summed E-state index contributed by atoms with van der Waals surface area (Å²) < 4.78 is 11.2. The summed E-state index contributed by atoms with van der Waals surface area (Å²) in [5.41, 5.74) is 0.785. The summed E-state index contributed by atoms with van der Waals surface area (Å²) in [5, 5.41) is 0.463. The molecule has 2 nitrogen and oxygen atoms in total. The fourth-order valence-corrected chi connectivity index (χ4v) is 2.25. The van der Waals surface area contributed by atoms with Crippen molar-refractivity contribution in [3.8, 4) is 11.5 Å². The first-order chi connectivity index (χ1) is 9.62. The number of methoxy groups -OCH3 is 1. The van der Waals surface area contributed by atoms with E-state index in [-0.39, 0.29) is 0 Å². The van der Waals surface area contributed by atoms with Gasteiger partial charge in [-0.3, -0.25) is 0 Å². The maximum Gasteiger partial charge on any atom is 0.127 e. The van der Waals surface area contributed by atoms with Gasteiger partial charge >= 0.3 is 0 Å². The molecule has 1 aromatic rings. The second-order valence-electron chi connectivity index (χ2n) is 4.99. The average Bonchev–Trinajstić information content (AvgIpc) is 2.47. The quantitative estimate of drug-likeness (QED) is 0.599. The SMILES string of the molecule is C=C(Cl)c1cc(OCC(CC)CCCC)ccc1OC. The number of unbranched alkanes of at least 4 members (excludes halogenated alkanes) is 1. The zero-order valence-electron chi connectivity index (χ0n) is 12.7. The first-order valence-corrected chi connectivity index (χ1v) is 7.65. The van der Waals surface area contributed by atoms with Crippen molar-refractivity contribution in [2.75, 3.05) is 13.7 Å². The minimum Gasteiger partial charge on any atom is -0.496 e. The molecule has 0 saturated carbocycles. The number of rotatable bonds is 9. The van der Waals surface area contributed by atoms with Crippen LogP contribution >= 0.6 is 11.6 Å². The Morgan fingerprint density at radius 3 is 2.65 bits per heavy atom. The molecule has 1 rings (SSSR count). The van der Waals surface area contributed by atoms with Gasteiger partial charge in [0.05, 0.1) is 13.7 Å². The van der Waals surface area contributed by atoms with E-state index in [1.54, 1.807) is 7.11 Å². The molecule has 3 heteroatoms. The van der Waals surface area contributed by atoms with Crippen LogP contribution in [0.1, 0.15) is 45.1 Å². The molecule has 0 heterocycles. The molecule has 1 unspecified atom stereocenters. The monoisotopic (exact) mass is 296 g/mol. The van der Waals surface area contributed by atoms with Crippen LogP contribution in [0.15, 0.2) is 24.8 Å². The third kappa shape index (κ3) is 5.09. The highest BCUT2D eigenvalue weighted by Crippen LogP contribution is 2.31. The van der Waals surface area contributed by atoms with Crippen LogP contribution in [-0.2, 0) is 0 Å². The van der Waals surface area contributed by atoms with Crippen LogP contribution in [-0.4, -0.2) is 13.7 Å². The van der Waals surface area contributed by atoms with Gasteiger partial charge in [-0.1, -0.05) is 51.3 Å². The van der Waals surface area contributed by atoms with Gasteiger partial charge in [-0.2, -0.15) is 0 Å². The van der Waals surface area contributed by atoms with Crippen LogP contribution < -0.4 is 9.47 Å². The van der Waals surface area contributed by atoms with Crippen molar-refractivity contribution < 1.29 is 9.47 Å². The topological polar surface area (TPSA) is 18.5 Å². The number of halogens is 1. The van der Waals surface area contributed by atoms with E-state index in [9.17, 15) is 0 Å². The van der Waals surface area contributed by atoms with E-state index in [0.717, 1.165) is 30.1 Å². The summed E-state index contributed by atoms with van der Waals surface area (Å²) in [6.45, 7) is 8.93. The van der Waals surface area contributed by atoms with Crippen molar-refractivity contribution in [3.63, 3.8) is 0 Å². The summed E-state index contributed by atoms with van der Waals surface area (Å²) in [6.07, 6.45) is 4.85. The lowest BCUT2D eigenvalue weighted by molar-refractivity contribution is 0.233. The Kier molecular flexibility index (Phi) is 7.53. The van der Waals surface area contributed by atoms with Gasteiger partial charge in [-0.15, -0.1) is 0 Å². The Morgan fingerprint density at radius 1 is 1.35 bits per heavy atom. The van der Waals surface area contributed by atoms with E-state index in [1.807, 2.05) is 18.2 Å². The highest BCUT2D eigenvalue weighted by atomic mass is 35.5. The number of hydrogen-bond acceptors (Lipinski definition) is 2. The van der Waals surface area contributed by atoms with Crippen LogP contribution in [0.25, 0.3) is 5.03 Å². The molecule has 0 saturated heterocycles. The van der Waals surface area contributed by atoms with Crippen LogP contribution in [0.5, 0.6) is 11.5 Å². The second-order valence-corrected chi connectivity index (χ2v) is 5.45. The Morgan fingerprint density at radius 2 is 2.10 bits per heavy atom. The average molecular weight is 297 g/mol. The fraction of sp³-hybridized carbons (Fsp3) is 0.529. The second kappa shape index (κ2) is 8.91. The minimum atomic E-state index is 0.463. The molecule has 0 amide bonds. The van der Waals surface area contributed by atoms with Gasteiger partial charge < -0.3 is 9.47 Å². The van der Waals surface area contributed by atoms with Gasteiger partial charge in [0.15, 0.2) is 0 Å². The molecule has 0 spiro atoms. The molecule has 112 valence electrons. The summed E-state index contributed by atoms with van der Waals surface area (Å²) in [6, 6.07) is 5.67.